The number of benzene rings is 1. The Morgan fingerprint density at radius 3 is 2.33 bits per heavy atom. The van der Waals surface area contributed by atoms with E-state index < -0.39 is 0 Å². The summed E-state index contributed by atoms with van der Waals surface area (Å²) in [5.74, 6) is 0.486. The Morgan fingerprint density at radius 1 is 1.22 bits per heavy atom. The molecule has 0 atom stereocenters. The second-order valence-corrected chi connectivity index (χ2v) is 5.52. The number of carbonyl (C=O) groups excluding carboxylic acids is 1. The van der Waals surface area contributed by atoms with Gasteiger partial charge in [0.05, 0.1) is 5.54 Å². The van der Waals surface area contributed by atoms with Gasteiger partial charge in [-0.3, -0.25) is 9.69 Å². The van der Waals surface area contributed by atoms with E-state index in [1.165, 1.54) is 12.8 Å². The molecule has 0 unspecified atom stereocenters. The fourth-order valence-electron chi connectivity index (χ4n) is 2.47. The molecule has 0 saturated carbocycles. The molecule has 18 heavy (non-hydrogen) atoms. The maximum absolute atomic E-state index is 12.4. The maximum Gasteiger partial charge on any atom is 0.156 e. The van der Waals surface area contributed by atoms with Crippen molar-refractivity contribution in [1.29, 1.82) is 0 Å². The van der Waals surface area contributed by atoms with Crippen molar-refractivity contribution in [3.8, 4) is 5.75 Å². The molecule has 1 fully saturated rings. The average Bonchev–Trinajstić information content (AvgIpc) is 2.86. The smallest absolute Gasteiger partial charge is 0.156 e. The van der Waals surface area contributed by atoms with Crippen LogP contribution < -0.4 is 0 Å². The topological polar surface area (TPSA) is 40.5 Å². The molecule has 3 heteroatoms. The van der Waals surface area contributed by atoms with Gasteiger partial charge in [0.15, 0.2) is 5.78 Å². The quantitative estimate of drug-likeness (QED) is 0.888. The number of nitrogens with zero attached hydrogens (tertiary/aromatic N) is 1. The zero-order chi connectivity index (χ0) is 13.2. The fourth-order valence-corrected chi connectivity index (χ4v) is 2.47. The van der Waals surface area contributed by atoms with Crippen LogP contribution in [0.25, 0.3) is 0 Å². The Hall–Kier alpha value is -1.35. The second-order valence-electron chi connectivity index (χ2n) is 5.52. The van der Waals surface area contributed by atoms with Gasteiger partial charge in [0, 0.05) is 6.42 Å². The molecular weight excluding hydrogens is 226 g/mol. The number of Topliss-reactive ketones (excluding diaryl/α,β-unsaturated/α-hetero) is 1. The summed E-state index contributed by atoms with van der Waals surface area (Å²) < 4.78 is 0. The molecule has 0 aromatic heterocycles. The summed E-state index contributed by atoms with van der Waals surface area (Å²) in [5.41, 5.74) is 0.582. The van der Waals surface area contributed by atoms with Crippen molar-refractivity contribution in [1.82, 2.24) is 4.90 Å². The SMILES string of the molecule is CC(C)(C(=O)Cc1ccc(O)cc1)N1CCCC1. The minimum atomic E-state index is -0.381. The number of hydrogen-bond acceptors (Lipinski definition) is 3. The third-order valence-corrected chi connectivity index (χ3v) is 3.88. The summed E-state index contributed by atoms with van der Waals surface area (Å²) in [7, 11) is 0. The van der Waals surface area contributed by atoms with E-state index >= 15 is 0 Å². The van der Waals surface area contributed by atoms with Crippen LogP contribution in [-0.4, -0.2) is 34.4 Å². The Labute approximate surface area is 108 Å². The summed E-state index contributed by atoms with van der Waals surface area (Å²) in [5, 5.41) is 9.23. The van der Waals surface area contributed by atoms with Gasteiger partial charge >= 0.3 is 0 Å². The largest absolute Gasteiger partial charge is 0.508 e. The van der Waals surface area contributed by atoms with E-state index in [0.717, 1.165) is 18.7 Å². The lowest BCUT2D eigenvalue weighted by Crippen LogP contribution is -2.49. The first-order chi connectivity index (χ1) is 8.50. The van der Waals surface area contributed by atoms with E-state index in [4.69, 9.17) is 0 Å². The van der Waals surface area contributed by atoms with Gasteiger partial charge in [-0.1, -0.05) is 12.1 Å². The number of phenolic OH excluding ortho intramolecular Hbond substituents is 1. The molecule has 1 aromatic carbocycles. The minimum Gasteiger partial charge on any atom is -0.508 e. The molecule has 0 amide bonds. The summed E-state index contributed by atoms with van der Waals surface area (Å²) in [6, 6.07) is 6.89. The fraction of sp³-hybridized carbons (Fsp3) is 0.533. The van der Waals surface area contributed by atoms with E-state index in [1.54, 1.807) is 12.1 Å². The monoisotopic (exact) mass is 247 g/mol. The minimum absolute atomic E-state index is 0.241. The normalized spacial score (nSPS) is 17.0. The highest BCUT2D eigenvalue weighted by molar-refractivity contribution is 5.89. The van der Waals surface area contributed by atoms with E-state index in [0.29, 0.717) is 6.42 Å². The van der Waals surface area contributed by atoms with Crippen LogP contribution in [-0.2, 0) is 11.2 Å². The van der Waals surface area contributed by atoms with E-state index in [2.05, 4.69) is 4.90 Å². The molecule has 1 aliphatic heterocycles. The molecule has 0 bridgehead atoms. The molecule has 1 N–H and O–H groups in total. The molecule has 1 heterocycles. The molecular formula is C15H21NO2. The third kappa shape index (κ3) is 2.72. The first-order valence-electron chi connectivity index (χ1n) is 6.56. The molecule has 3 nitrogen and oxygen atoms in total. The zero-order valence-corrected chi connectivity index (χ0v) is 11.1. The highest BCUT2D eigenvalue weighted by atomic mass is 16.3. The van der Waals surface area contributed by atoms with E-state index in [-0.39, 0.29) is 17.1 Å². The lowest BCUT2D eigenvalue weighted by Gasteiger charge is -2.34. The highest BCUT2D eigenvalue weighted by Gasteiger charge is 2.35. The molecule has 0 aliphatic carbocycles. The van der Waals surface area contributed by atoms with Crippen molar-refractivity contribution in [2.75, 3.05) is 13.1 Å². The number of phenols is 1. The first kappa shape index (κ1) is 13.1. The van der Waals surface area contributed by atoms with Gasteiger partial charge in [0.25, 0.3) is 0 Å². The van der Waals surface area contributed by atoms with Gasteiger partial charge in [-0.05, 0) is 57.5 Å². The first-order valence-corrected chi connectivity index (χ1v) is 6.56. The predicted octanol–water partition coefficient (Wildman–Crippen LogP) is 2.38. The zero-order valence-electron chi connectivity index (χ0n) is 11.1. The van der Waals surface area contributed by atoms with Crippen LogP contribution in [0.1, 0.15) is 32.3 Å². The highest BCUT2D eigenvalue weighted by Crippen LogP contribution is 2.23. The summed E-state index contributed by atoms with van der Waals surface area (Å²) >= 11 is 0. The van der Waals surface area contributed by atoms with Gasteiger partial charge < -0.3 is 5.11 Å². The van der Waals surface area contributed by atoms with Crippen molar-refractivity contribution in [3.63, 3.8) is 0 Å². The molecule has 1 saturated heterocycles. The number of rotatable bonds is 4. The van der Waals surface area contributed by atoms with Crippen molar-refractivity contribution in [3.05, 3.63) is 29.8 Å². The summed E-state index contributed by atoms with van der Waals surface area (Å²) in [4.78, 5) is 14.7. The Kier molecular flexibility index (Phi) is 3.71. The van der Waals surface area contributed by atoms with Gasteiger partial charge in [-0.25, -0.2) is 0 Å². The van der Waals surface area contributed by atoms with E-state index in [1.807, 2.05) is 26.0 Å². The van der Waals surface area contributed by atoms with Crippen molar-refractivity contribution in [2.24, 2.45) is 0 Å². The van der Waals surface area contributed by atoms with Gasteiger partial charge in [0.2, 0.25) is 0 Å². The van der Waals surface area contributed by atoms with Crippen LogP contribution in [0.4, 0.5) is 0 Å². The molecule has 0 radical (unpaired) electrons. The Morgan fingerprint density at radius 2 is 1.78 bits per heavy atom. The number of hydrogen-bond donors (Lipinski definition) is 1. The van der Waals surface area contributed by atoms with Crippen molar-refractivity contribution in [2.45, 2.75) is 38.6 Å². The summed E-state index contributed by atoms with van der Waals surface area (Å²) in [6.07, 6.45) is 2.82. The number of ketones is 1. The molecule has 1 aliphatic rings. The average molecular weight is 247 g/mol. The number of likely N-dealkylation sites (tertiary alicyclic amines) is 1. The van der Waals surface area contributed by atoms with Gasteiger partial charge in [-0.2, -0.15) is 0 Å². The number of carbonyl (C=O) groups is 1. The Balaban J connectivity index is 2.04. The van der Waals surface area contributed by atoms with E-state index in [9.17, 15) is 9.90 Å². The van der Waals surface area contributed by atoms with Crippen LogP contribution in [0.15, 0.2) is 24.3 Å². The number of aromatic hydroxyl groups is 1. The van der Waals surface area contributed by atoms with Crippen LogP contribution in [0, 0.1) is 0 Å². The molecule has 1 aromatic rings. The predicted molar refractivity (Wildman–Crippen MR) is 71.7 cm³/mol. The van der Waals surface area contributed by atoms with Crippen molar-refractivity contribution >= 4 is 5.78 Å². The lowest BCUT2D eigenvalue weighted by atomic mass is 9.92. The Bertz CT molecular complexity index is 417. The second kappa shape index (κ2) is 5.11. The van der Waals surface area contributed by atoms with Crippen LogP contribution in [0.2, 0.25) is 0 Å². The van der Waals surface area contributed by atoms with Crippen molar-refractivity contribution < 1.29 is 9.90 Å². The van der Waals surface area contributed by atoms with Crippen LogP contribution in [0.5, 0.6) is 5.75 Å². The molecule has 98 valence electrons. The van der Waals surface area contributed by atoms with Gasteiger partial charge in [-0.15, -0.1) is 0 Å². The van der Waals surface area contributed by atoms with Crippen LogP contribution >= 0.6 is 0 Å². The lowest BCUT2D eigenvalue weighted by molar-refractivity contribution is -0.128. The summed E-state index contributed by atoms with van der Waals surface area (Å²) in [6.45, 7) is 6.07. The van der Waals surface area contributed by atoms with Crippen LogP contribution in [0.3, 0.4) is 0 Å². The molecule has 0 spiro atoms. The third-order valence-electron chi connectivity index (χ3n) is 3.88. The maximum atomic E-state index is 12.4. The molecule has 2 rings (SSSR count). The standard InChI is InChI=1S/C15H21NO2/c1-15(2,16-9-3-4-10-16)14(18)11-12-5-7-13(17)8-6-12/h5-8,17H,3-4,9-11H2,1-2H3. The van der Waals surface area contributed by atoms with Gasteiger partial charge in [0.1, 0.15) is 5.75 Å².